The number of carboxylic acids is 1. The lowest BCUT2D eigenvalue weighted by Gasteiger charge is -2.07. The van der Waals surface area contributed by atoms with E-state index in [9.17, 15) is 18.0 Å². The minimum atomic E-state index is -4.43. The molecule has 1 aromatic carbocycles. The fourth-order valence-corrected chi connectivity index (χ4v) is 1.25. The molecule has 0 saturated carbocycles. The number of oxime groups is 1. The van der Waals surface area contributed by atoms with Crippen LogP contribution < -0.4 is 0 Å². The standard InChI is InChI=1S/C12H12F3NO3/c1-2-10(11(17)18)19-16-7-8-4-3-5-9(6-8)12(13,14)15/h3-7,10H,2H2,1H3,(H,17,18)/b16-7+. The van der Waals surface area contributed by atoms with E-state index in [4.69, 9.17) is 5.11 Å². The van der Waals surface area contributed by atoms with Crippen LogP contribution in [-0.2, 0) is 15.8 Å². The molecule has 0 spiro atoms. The number of benzene rings is 1. The average molecular weight is 275 g/mol. The summed E-state index contributed by atoms with van der Waals surface area (Å²) in [4.78, 5) is 15.3. The predicted octanol–water partition coefficient (Wildman–Crippen LogP) is 2.92. The van der Waals surface area contributed by atoms with Crippen LogP contribution in [0.15, 0.2) is 29.4 Å². The Morgan fingerprint density at radius 2 is 2.21 bits per heavy atom. The maximum atomic E-state index is 12.4. The van der Waals surface area contributed by atoms with Crippen LogP contribution in [0.5, 0.6) is 0 Å². The lowest BCUT2D eigenvalue weighted by atomic mass is 10.1. The summed E-state index contributed by atoms with van der Waals surface area (Å²) in [5.74, 6) is -1.18. The zero-order chi connectivity index (χ0) is 14.5. The summed E-state index contributed by atoms with van der Waals surface area (Å²) in [5.41, 5.74) is -0.628. The molecule has 1 rings (SSSR count). The van der Waals surface area contributed by atoms with Gasteiger partial charge < -0.3 is 9.94 Å². The number of halogens is 3. The van der Waals surface area contributed by atoms with Crippen LogP contribution >= 0.6 is 0 Å². The van der Waals surface area contributed by atoms with Crippen molar-refractivity contribution in [3.05, 3.63) is 35.4 Å². The van der Waals surface area contributed by atoms with Gasteiger partial charge in [-0.15, -0.1) is 0 Å². The van der Waals surface area contributed by atoms with Gasteiger partial charge in [-0.05, 0) is 24.1 Å². The molecule has 0 aliphatic rings. The number of carboxylic acid groups (broad SMARTS) is 1. The number of rotatable bonds is 5. The summed E-state index contributed by atoms with van der Waals surface area (Å²) in [5, 5.41) is 12.1. The molecule has 0 fully saturated rings. The first-order chi connectivity index (χ1) is 8.84. The zero-order valence-corrected chi connectivity index (χ0v) is 10.0. The van der Waals surface area contributed by atoms with Crippen molar-refractivity contribution in [1.29, 1.82) is 0 Å². The summed E-state index contributed by atoms with van der Waals surface area (Å²) in [7, 11) is 0. The summed E-state index contributed by atoms with van der Waals surface area (Å²) in [6.07, 6.45) is -4.30. The number of nitrogens with zero attached hydrogens (tertiary/aromatic N) is 1. The lowest BCUT2D eigenvalue weighted by molar-refractivity contribution is -0.150. The predicted molar refractivity (Wildman–Crippen MR) is 61.8 cm³/mol. The van der Waals surface area contributed by atoms with Gasteiger partial charge in [-0.3, -0.25) is 0 Å². The van der Waals surface area contributed by atoms with Gasteiger partial charge >= 0.3 is 12.1 Å². The van der Waals surface area contributed by atoms with Crippen molar-refractivity contribution in [2.24, 2.45) is 5.16 Å². The van der Waals surface area contributed by atoms with E-state index >= 15 is 0 Å². The average Bonchev–Trinajstić information content (AvgIpc) is 2.33. The number of carbonyl (C=O) groups is 1. The van der Waals surface area contributed by atoms with E-state index in [2.05, 4.69) is 9.99 Å². The smallest absolute Gasteiger partial charge is 0.416 e. The number of aliphatic carboxylic acids is 1. The molecule has 1 aromatic rings. The van der Waals surface area contributed by atoms with Gasteiger partial charge in [0.25, 0.3) is 0 Å². The summed E-state index contributed by atoms with van der Waals surface area (Å²) < 4.78 is 37.3. The molecule has 104 valence electrons. The minimum absolute atomic E-state index is 0.176. The van der Waals surface area contributed by atoms with Gasteiger partial charge in [0, 0.05) is 0 Å². The SMILES string of the molecule is CCC(O/N=C/c1cccc(C(F)(F)F)c1)C(=O)O. The van der Waals surface area contributed by atoms with Crippen molar-refractivity contribution in [2.45, 2.75) is 25.6 Å². The molecule has 0 aliphatic carbocycles. The van der Waals surface area contributed by atoms with E-state index in [-0.39, 0.29) is 12.0 Å². The van der Waals surface area contributed by atoms with Crippen molar-refractivity contribution in [2.75, 3.05) is 0 Å². The Bertz CT molecular complexity index is 472. The van der Waals surface area contributed by atoms with Gasteiger partial charge in [-0.1, -0.05) is 24.2 Å². The van der Waals surface area contributed by atoms with Crippen LogP contribution in [-0.4, -0.2) is 23.4 Å². The first-order valence-electron chi connectivity index (χ1n) is 5.44. The Morgan fingerprint density at radius 3 is 2.74 bits per heavy atom. The van der Waals surface area contributed by atoms with E-state index in [0.717, 1.165) is 18.3 Å². The fourth-order valence-electron chi connectivity index (χ4n) is 1.25. The molecule has 0 aromatic heterocycles. The molecule has 0 radical (unpaired) electrons. The maximum absolute atomic E-state index is 12.4. The van der Waals surface area contributed by atoms with Gasteiger partial charge in [0.05, 0.1) is 11.8 Å². The molecule has 4 nitrogen and oxygen atoms in total. The van der Waals surface area contributed by atoms with Crippen molar-refractivity contribution < 1.29 is 27.9 Å². The van der Waals surface area contributed by atoms with Crippen molar-refractivity contribution in [3.63, 3.8) is 0 Å². The van der Waals surface area contributed by atoms with Gasteiger partial charge in [-0.2, -0.15) is 13.2 Å². The molecule has 0 aliphatic heterocycles. The quantitative estimate of drug-likeness (QED) is 0.664. The van der Waals surface area contributed by atoms with E-state index in [1.54, 1.807) is 6.92 Å². The van der Waals surface area contributed by atoms with Gasteiger partial charge in [0.2, 0.25) is 6.10 Å². The third-order valence-electron chi connectivity index (χ3n) is 2.25. The number of alkyl halides is 3. The van der Waals surface area contributed by atoms with E-state index in [0.29, 0.717) is 0 Å². The van der Waals surface area contributed by atoms with Crippen LogP contribution in [0.2, 0.25) is 0 Å². The van der Waals surface area contributed by atoms with Crippen LogP contribution in [0, 0.1) is 0 Å². The fraction of sp³-hybridized carbons (Fsp3) is 0.333. The lowest BCUT2D eigenvalue weighted by Crippen LogP contribution is -2.20. The first-order valence-corrected chi connectivity index (χ1v) is 5.44. The van der Waals surface area contributed by atoms with Crippen molar-refractivity contribution in [1.82, 2.24) is 0 Å². The molecule has 0 heterocycles. The van der Waals surface area contributed by atoms with Crippen molar-refractivity contribution in [3.8, 4) is 0 Å². The highest BCUT2D eigenvalue weighted by molar-refractivity contribution is 5.79. The Labute approximate surface area is 107 Å². The molecule has 1 atom stereocenters. The maximum Gasteiger partial charge on any atom is 0.416 e. The highest BCUT2D eigenvalue weighted by Gasteiger charge is 2.30. The molecule has 19 heavy (non-hydrogen) atoms. The summed E-state index contributed by atoms with van der Waals surface area (Å²) in [6.45, 7) is 1.60. The normalized spacial score (nSPS) is 13.5. The minimum Gasteiger partial charge on any atom is -0.478 e. The van der Waals surface area contributed by atoms with Crippen LogP contribution in [0.1, 0.15) is 24.5 Å². The zero-order valence-electron chi connectivity index (χ0n) is 10.0. The number of hydrogen-bond acceptors (Lipinski definition) is 3. The largest absolute Gasteiger partial charge is 0.478 e. The Hall–Kier alpha value is -2.05. The highest BCUT2D eigenvalue weighted by atomic mass is 19.4. The number of hydrogen-bond donors (Lipinski definition) is 1. The van der Waals surface area contributed by atoms with Crippen LogP contribution in [0.25, 0.3) is 0 Å². The molecule has 7 heteroatoms. The Morgan fingerprint density at radius 1 is 1.53 bits per heavy atom. The molecule has 0 amide bonds. The Balaban J connectivity index is 2.75. The van der Waals surface area contributed by atoms with Crippen molar-refractivity contribution >= 4 is 12.2 Å². The van der Waals surface area contributed by atoms with E-state index in [1.807, 2.05) is 0 Å². The third kappa shape index (κ3) is 4.61. The van der Waals surface area contributed by atoms with Gasteiger partial charge in [0.1, 0.15) is 0 Å². The summed E-state index contributed by atoms with van der Waals surface area (Å²) in [6, 6.07) is 4.47. The molecule has 0 bridgehead atoms. The molecule has 0 saturated heterocycles. The molecule has 1 unspecified atom stereocenters. The first kappa shape index (κ1) is 15.0. The third-order valence-corrected chi connectivity index (χ3v) is 2.25. The Kier molecular flexibility index (Phi) is 4.91. The topological polar surface area (TPSA) is 58.9 Å². The van der Waals surface area contributed by atoms with Gasteiger partial charge in [-0.25, -0.2) is 4.79 Å². The van der Waals surface area contributed by atoms with Gasteiger partial charge in [0.15, 0.2) is 0 Å². The van der Waals surface area contributed by atoms with E-state index < -0.39 is 23.8 Å². The van der Waals surface area contributed by atoms with Crippen LogP contribution in [0.3, 0.4) is 0 Å². The second-order valence-electron chi connectivity index (χ2n) is 3.70. The second kappa shape index (κ2) is 6.21. The monoisotopic (exact) mass is 275 g/mol. The highest BCUT2D eigenvalue weighted by Crippen LogP contribution is 2.29. The van der Waals surface area contributed by atoms with E-state index in [1.165, 1.54) is 12.1 Å². The summed E-state index contributed by atoms with van der Waals surface area (Å²) >= 11 is 0. The molecular weight excluding hydrogens is 263 g/mol. The molecule has 1 N–H and O–H groups in total. The second-order valence-corrected chi connectivity index (χ2v) is 3.70. The molecular formula is C12H12F3NO3. The van der Waals surface area contributed by atoms with Crippen LogP contribution in [0.4, 0.5) is 13.2 Å².